The van der Waals surface area contributed by atoms with E-state index in [0.717, 1.165) is 29.9 Å². The summed E-state index contributed by atoms with van der Waals surface area (Å²) < 4.78 is 6.77. The first kappa shape index (κ1) is 15.3. The van der Waals surface area contributed by atoms with Crippen LogP contribution in [0, 0.1) is 5.92 Å². The quantitative estimate of drug-likeness (QED) is 0.894. The number of piperazine rings is 1. The number of carbonyl (C=O) groups is 1. The predicted molar refractivity (Wildman–Crippen MR) is 82.8 cm³/mol. The van der Waals surface area contributed by atoms with Gasteiger partial charge in [-0.15, -0.1) is 0 Å². The minimum absolute atomic E-state index is 0.0442. The first-order valence-electron chi connectivity index (χ1n) is 6.98. The fourth-order valence-electron chi connectivity index (χ4n) is 2.52. The Hall–Kier alpha value is -1.07. The summed E-state index contributed by atoms with van der Waals surface area (Å²) in [5.74, 6) is 1.30. The summed E-state index contributed by atoms with van der Waals surface area (Å²) in [5.41, 5.74) is 0. The summed E-state index contributed by atoms with van der Waals surface area (Å²) in [4.78, 5) is 14.1. The molecular formula is C15H21BrN2O2. The molecule has 110 valence electrons. The van der Waals surface area contributed by atoms with Gasteiger partial charge in [-0.3, -0.25) is 9.69 Å². The Labute approximate surface area is 128 Å². The van der Waals surface area contributed by atoms with E-state index >= 15 is 0 Å². The first-order valence-corrected chi connectivity index (χ1v) is 7.77. The second-order valence-corrected chi connectivity index (χ2v) is 6.23. The molecule has 1 aromatic rings. The zero-order valence-corrected chi connectivity index (χ0v) is 13.5. The van der Waals surface area contributed by atoms with Crippen LogP contribution < -0.4 is 10.1 Å². The fourth-order valence-corrected chi connectivity index (χ4v) is 2.78. The van der Waals surface area contributed by atoms with Gasteiger partial charge in [0.25, 0.3) is 0 Å². The highest BCUT2D eigenvalue weighted by atomic mass is 79.9. The van der Waals surface area contributed by atoms with Gasteiger partial charge in [-0.2, -0.15) is 0 Å². The Balaban J connectivity index is 1.85. The van der Waals surface area contributed by atoms with Crippen LogP contribution in [0.5, 0.6) is 5.75 Å². The van der Waals surface area contributed by atoms with Gasteiger partial charge in [0.15, 0.2) is 0 Å². The smallest absolute Gasteiger partial charge is 0.237 e. The third kappa shape index (κ3) is 3.96. The normalized spacial score (nSPS) is 20.0. The lowest BCUT2D eigenvalue weighted by Gasteiger charge is -2.37. The minimum Gasteiger partial charge on any atom is -0.492 e. The van der Waals surface area contributed by atoms with Crippen LogP contribution in [0.3, 0.4) is 0 Å². The maximum absolute atomic E-state index is 11.9. The highest BCUT2D eigenvalue weighted by Gasteiger charge is 2.31. The summed E-state index contributed by atoms with van der Waals surface area (Å²) in [5, 5.41) is 2.93. The van der Waals surface area contributed by atoms with Crippen molar-refractivity contribution in [3.63, 3.8) is 0 Å². The molecule has 4 nitrogen and oxygen atoms in total. The molecule has 1 saturated heterocycles. The number of halogens is 1. The van der Waals surface area contributed by atoms with Crippen LogP contribution in [0.2, 0.25) is 0 Å². The molecule has 1 aliphatic heterocycles. The highest BCUT2D eigenvalue weighted by molar-refractivity contribution is 9.10. The molecule has 1 unspecified atom stereocenters. The SMILES string of the molecule is CC(C)C1C(=O)NCCN1CCOc1ccc(Br)cc1. The lowest BCUT2D eigenvalue weighted by atomic mass is 10.00. The molecule has 0 spiro atoms. The topological polar surface area (TPSA) is 41.6 Å². The van der Waals surface area contributed by atoms with Gasteiger partial charge in [-0.1, -0.05) is 29.8 Å². The van der Waals surface area contributed by atoms with Gasteiger partial charge < -0.3 is 10.1 Å². The average Bonchev–Trinajstić information content (AvgIpc) is 2.40. The van der Waals surface area contributed by atoms with Crippen LogP contribution in [0.4, 0.5) is 0 Å². The standard InChI is InChI=1S/C15H21BrN2O2/c1-11(2)14-15(19)17-7-8-18(14)9-10-20-13-5-3-12(16)4-6-13/h3-6,11,14H,7-10H2,1-2H3,(H,17,19). The molecule has 1 atom stereocenters. The zero-order valence-electron chi connectivity index (χ0n) is 11.9. The number of hydrogen-bond donors (Lipinski definition) is 1. The average molecular weight is 341 g/mol. The van der Waals surface area contributed by atoms with Gasteiger partial charge in [-0.05, 0) is 30.2 Å². The van der Waals surface area contributed by atoms with E-state index in [1.165, 1.54) is 0 Å². The maximum Gasteiger partial charge on any atom is 0.237 e. The number of amides is 1. The molecular weight excluding hydrogens is 320 g/mol. The largest absolute Gasteiger partial charge is 0.492 e. The van der Waals surface area contributed by atoms with Crippen molar-refractivity contribution in [2.75, 3.05) is 26.2 Å². The molecule has 1 heterocycles. The van der Waals surface area contributed by atoms with Crippen molar-refractivity contribution in [1.29, 1.82) is 0 Å². The van der Waals surface area contributed by atoms with Crippen molar-refractivity contribution in [1.82, 2.24) is 10.2 Å². The molecule has 0 aromatic heterocycles. The molecule has 0 radical (unpaired) electrons. The van der Waals surface area contributed by atoms with Gasteiger partial charge in [0.1, 0.15) is 12.4 Å². The Morgan fingerprint density at radius 3 is 2.75 bits per heavy atom. The summed E-state index contributed by atoms with van der Waals surface area (Å²) in [6.07, 6.45) is 0. The molecule has 1 amide bonds. The summed E-state index contributed by atoms with van der Waals surface area (Å²) >= 11 is 3.40. The van der Waals surface area contributed by atoms with Crippen molar-refractivity contribution in [2.45, 2.75) is 19.9 Å². The summed E-state index contributed by atoms with van der Waals surface area (Å²) in [7, 11) is 0. The van der Waals surface area contributed by atoms with E-state index in [2.05, 4.69) is 40.0 Å². The molecule has 0 bridgehead atoms. The van der Waals surface area contributed by atoms with Crippen molar-refractivity contribution in [2.24, 2.45) is 5.92 Å². The lowest BCUT2D eigenvalue weighted by Crippen LogP contribution is -2.58. The third-order valence-electron chi connectivity index (χ3n) is 3.45. The van der Waals surface area contributed by atoms with Crippen LogP contribution in [0.15, 0.2) is 28.7 Å². The van der Waals surface area contributed by atoms with Crippen LogP contribution in [0.1, 0.15) is 13.8 Å². The molecule has 0 aliphatic carbocycles. The van der Waals surface area contributed by atoms with E-state index in [1.807, 2.05) is 24.3 Å². The Morgan fingerprint density at radius 1 is 1.40 bits per heavy atom. The van der Waals surface area contributed by atoms with E-state index in [9.17, 15) is 4.79 Å². The maximum atomic E-state index is 11.9. The van der Waals surface area contributed by atoms with Crippen molar-refractivity contribution < 1.29 is 9.53 Å². The number of carbonyl (C=O) groups excluding carboxylic acids is 1. The van der Waals surface area contributed by atoms with E-state index < -0.39 is 0 Å². The molecule has 1 fully saturated rings. The number of benzene rings is 1. The molecule has 1 N–H and O–H groups in total. The Kier molecular flexibility index (Phi) is 5.43. The van der Waals surface area contributed by atoms with Gasteiger partial charge in [0.2, 0.25) is 5.91 Å². The van der Waals surface area contributed by atoms with Gasteiger partial charge in [0, 0.05) is 24.1 Å². The second kappa shape index (κ2) is 7.09. The van der Waals surface area contributed by atoms with Crippen LogP contribution in [-0.2, 0) is 4.79 Å². The van der Waals surface area contributed by atoms with Crippen molar-refractivity contribution in [3.05, 3.63) is 28.7 Å². The Bertz CT molecular complexity index is 448. The lowest BCUT2D eigenvalue weighted by molar-refractivity contribution is -0.130. The number of ether oxygens (including phenoxy) is 1. The zero-order chi connectivity index (χ0) is 14.5. The van der Waals surface area contributed by atoms with E-state index in [1.54, 1.807) is 0 Å². The number of hydrogen-bond acceptors (Lipinski definition) is 3. The first-order chi connectivity index (χ1) is 9.58. The van der Waals surface area contributed by atoms with Gasteiger partial charge in [-0.25, -0.2) is 0 Å². The summed E-state index contributed by atoms with van der Waals surface area (Å²) in [6.45, 7) is 7.14. The van der Waals surface area contributed by atoms with Crippen LogP contribution in [-0.4, -0.2) is 43.1 Å². The van der Waals surface area contributed by atoms with E-state index in [4.69, 9.17) is 4.74 Å². The highest BCUT2D eigenvalue weighted by Crippen LogP contribution is 2.17. The minimum atomic E-state index is -0.0442. The third-order valence-corrected chi connectivity index (χ3v) is 3.98. The fraction of sp³-hybridized carbons (Fsp3) is 0.533. The molecule has 1 aromatic carbocycles. The molecule has 20 heavy (non-hydrogen) atoms. The van der Waals surface area contributed by atoms with Crippen molar-refractivity contribution >= 4 is 21.8 Å². The number of nitrogens with one attached hydrogen (secondary N) is 1. The van der Waals surface area contributed by atoms with E-state index in [0.29, 0.717) is 12.5 Å². The second-order valence-electron chi connectivity index (χ2n) is 5.32. The molecule has 2 rings (SSSR count). The van der Waals surface area contributed by atoms with Crippen LogP contribution in [0.25, 0.3) is 0 Å². The molecule has 5 heteroatoms. The molecule has 1 aliphatic rings. The Morgan fingerprint density at radius 2 is 2.10 bits per heavy atom. The van der Waals surface area contributed by atoms with Crippen molar-refractivity contribution in [3.8, 4) is 5.75 Å². The van der Waals surface area contributed by atoms with Crippen LogP contribution >= 0.6 is 15.9 Å². The summed E-state index contributed by atoms with van der Waals surface area (Å²) in [6, 6.07) is 7.75. The van der Waals surface area contributed by atoms with E-state index in [-0.39, 0.29) is 11.9 Å². The monoisotopic (exact) mass is 340 g/mol. The number of nitrogens with zero attached hydrogens (tertiary/aromatic N) is 1. The number of rotatable bonds is 5. The van der Waals surface area contributed by atoms with Gasteiger partial charge >= 0.3 is 0 Å². The predicted octanol–water partition coefficient (Wildman–Crippen LogP) is 2.28. The van der Waals surface area contributed by atoms with Gasteiger partial charge in [0.05, 0.1) is 6.04 Å². The molecule has 0 saturated carbocycles.